The van der Waals surface area contributed by atoms with Crippen LogP contribution in [0.3, 0.4) is 0 Å². The Balaban J connectivity index is -0.00000126. The minimum Gasteiger partial charge on any atom is -0.457 e. The van der Waals surface area contributed by atoms with Crippen LogP contribution in [0.25, 0.3) is 0 Å². The maximum atomic E-state index is 7.19. The summed E-state index contributed by atoms with van der Waals surface area (Å²) in [5.41, 5.74) is 2.60. The summed E-state index contributed by atoms with van der Waals surface area (Å²) in [7, 11) is 59.0. The molecule has 0 aromatic carbocycles. The van der Waals surface area contributed by atoms with Gasteiger partial charge in [0, 0.05) is 131 Å². The first-order chi connectivity index (χ1) is 30.4. The van der Waals surface area contributed by atoms with E-state index in [-0.39, 0.29) is 38.4 Å². The molecule has 2 aliphatic carbocycles. The molecule has 4 nitrogen and oxygen atoms in total. The molecule has 33 heteroatoms. The summed E-state index contributed by atoms with van der Waals surface area (Å²) in [4.78, 5) is 0. The number of allylic oxidation sites excluding steroid dienone is 2. The van der Waals surface area contributed by atoms with Crippen LogP contribution in [0.2, 0.25) is 144 Å². The fraction of sp³-hybridized carbons (Fsp3) is 0.895. The summed E-state index contributed by atoms with van der Waals surface area (Å²) in [5, 5.41) is 1.39. The van der Waals surface area contributed by atoms with E-state index in [2.05, 4.69) is 139 Å². The second-order valence-electron chi connectivity index (χ2n) is 25.9. The average Bonchev–Trinajstić information content (AvgIpc) is 3.88. The van der Waals surface area contributed by atoms with E-state index < -0.39 is 115 Å². The Bertz CT molecular complexity index is 1600. The molecule has 0 aromatic rings. The maximum absolute atomic E-state index is 7.19. The standard InChI is InChI=1S/C20H44B10O2Si4.C16H38B10O2Si4.2CH3.Fe/c1-17(2)18(3)34(6,7)31-33(4,5)16-26-29(24)20(28(22)23,30(25)27-21)36(10,11)32-35(8,9)19-14-12-13-15-19;1-29(2,3)27-30(4,5)14-23(17)26(22)16(24(18)19,25(20)21)32(8,9)28-31(6,7)15-12-10-11-13-15;;;/h19H,12-16H2,1-11H3;15H,10-14H2,1-9H3;2*1H3;/q;;2*-1;+2. The topological polar surface area (TPSA) is 36.9 Å². The molecule has 0 N–H and O–H groups in total. The SMILES string of the molecule is [B]B(C[Si](C)(C)O[Si](C)(C)C)B([B])C(B([B])[B])(B([B])[B])[Si](C)(C)O[Si](C)(C)C1CCCC1.[B][B]B([B])C(B([B])[B])(B([B])[B]C[Si](C)(C)O[Si](C)(C)C(C)=C(C)C)[Si](C)(C)O[Si](C)(C)C1CCCC1.[CH3-].[CH3-].[Fe+2]. The van der Waals surface area contributed by atoms with Crippen LogP contribution < -0.4 is 0 Å². The average molecular weight is 1110 g/mol. The van der Waals surface area contributed by atoms with Crippen molar-refractivity contribution in [1.29, 1.82) is 0 Å². The zero-order valence-corrected chi connectivity index (χ0v) is 58.9. The van der Waals surface area contributed by atoms with Crippen LogP contribution in [0, 0.1) is 14.9 Å². The summed E-state index contributed by atoms with van der Waals surface area (Å²) >= 11 is 0. The Morgan fingerprint density at radius 3 is 1.18 bits per heavy atom. The van der Waals surface area contributed by atoms with E-state index in [4.69, 9.17) is 102 Å². The largest absolute Gasteiger partial charge is 2.00 e. The molecule has 2 aliphatic rings. The Morgan fingerprint density at radius 1 is 0.521 bits per heavy atom. The first-order valence-electron chi connectivity index (χ1n) is 25.8. The first kappa shape index (κ1) is 78.4. The fourth-order valence-electron chi connectivity index (χ4n) is 12.7. The van der Waals surface area contributed by atoms with Gasteiger partial charge in [-0.25, -0.2) is 0 Å². The van der Waals surface area contributed by atoms with Crippen molar-refractivity contribution in [2.24, 2.45) is 0 Å². The van der Waals surface area contributed by atoms with E-state index in [1.807, 2.05) is 0 Å². The van der Waals surface area contributed by atoms with Crippen LogP contribution in [0.4, 0.5) is 0 Å². The van der Waals surface area contributed by atoms with Gasteiger partial charge in [0.25, 0.3) is 0 Å². The van der Waals surface area contributed by atoms with Gasteiger partial charge in [0.1, 0.15) is 0 Å². The van der Waals surface area contributed by atoms with Gasteiger partial charge < -0.3 is 31.3 Å². The molecule has 2 fully saturated rings. The Morgan fingerprint density at radius 2 is 0.873 bits per heavy atom. The molecule has 2 rings (SSSR count). The van der Waals surface area contributed by atoms with Gasteiger partial charge in [-0.3, -0.25) is 0 Å². The second kappa shape index (κ2) is 30.3. The molecule has 0 bridgehead atoms. The van der Waals surface area contributed by atoms with Crippen LogP contribution >= 0.6 is 0 Å². The third-order valence-corrected chi connectivity index (χ3v) is 49.6. The molecule has 24 radical (unpaired) electrons. The minimum absolute atomic E-state index is 0. The maximum Gasteiger partial charge on any atom is 2.00 e. The monoisotopic (exact) mass is 1110 g/mol. The first-order valence-corrected chi connectivity index (χ1v) is 50.1. The van der Waals surface area contributed by atoms with Crippen molar-refractivity contribution >= 4 is 211 Å². The van der Waals surface area contributed by atoms with E-state index in [1.54, 1.807) is 0 Å². The van der Waals surface area contributed by atoms with Crippen molar-refractivity contribution in [2.75, 3.05) is 0 Å². The third kappa shape index (κ3) is 20.6. The molecule has 0 aliphatic heterocycles. The zero-order valence-electron chi connectivity index (χ0n) is 49.8. The normalized spacial score (nSPS) is 16.3. The molecule has 1 unspecified atom stereocenters. The molecule has 0 spiro atoms. The van der Waals surface area contributed by atoms with E-state index in [9.17, 15) is 0 Å². The van der Waals surface area contributed by atoms with Crippen molar-refractivity contribution in [3.63, 3.8) is 0 Å². The molecule has 0 saturated heterocycles. The predicted molar refractivity (Wildman–Crippen MR) is 361 cm³/mol. The third-order valence-electron chi connectivity index (χ3n) is 16.1. The van der Waals surface area contributed by atoms with E-state index in [0.717, 1.165) is 5.94 Å². The van der Waals surface area contributed by atoms with Crippen LogP contribution in [0.5, 0.6) is 0 Å². The smallest absolute Gasteiger partial charge is 0.457 e. The van der Waals surface area contributed by atoms with Gasteiger partial charge in [-0.2, -0.15) is 0 Å². The van der Waals surface area contributed by atoms with Gasteiger partial charge in [0.05, 0.1) is 13.7 Å². The summed E-state index contributed by atoms with van der Waals surface area (Å²) in [6.45, 7) is 40.0. The quantitative estimate of drug-likeness (QED) is 0.0700. The van der Waals surface area contributed by atoms with Crippen molar-refractivity contribution in [2.45, 2.75) is 216 Å². The molecule has 1 atom stereocenters. The van der Waals surface area contributed by atoms with Crippen molar-refractivity contribution in [3.05, 3.63) is 25.6 Å². The molecular formula is C38H88B20FeO4Si8. The number of rotatable bonds is 26. The Labute approximate surface area is 482 Å². The van der Waals surface area contributed by atoms with Crippen molar-refractivity contribution in [3.8, 4) is 0 Å². The minimum atomic E-state index is -2.72. The summed E-state index contributed by atoms with van der Waals surface area (Å²) < 4.78 is 25.9. The number of hydrogen-bond donors (Lipinski definition) is 0. The van der Waals surface area contributed by atoms with Crippen LogP contribution in [0.1, 0.15) is 72.1 Å². The molecule has 2 saturated carbocycles. The van der Waals surface area contributed by atoms with Gasteiger partial charge in [-0.15, -0.1) is 9.47 Å². The van der Waals surface area contributed by atoms with E-state index >= 15 is 0 Å². The fourth-order valence-corrected chi connectivity index (χ4v) is 51.7. The summed E-state index contributed by atoms with van der Waals surface area (Å²) in [6, 6.07) is 0. The zero-order chi connectivity index (χ0) is 53.7. The van der Waals surface area contributed by atoms with Crippen LogP contribution in [-0.2, 0) is 33.5 Å². The van der Waals surface area contributed by atoms with Crippen molar-refractivity contribution < 1.29 is 33.5 Å². The van der Waals surface area contributed by atoms with E-state index in [0.29, 0.717) is 17.0 Å². The second-order valence-corrected chi connectivity index (χ2v) is 60.8. The van der Waals surface area contributed by atoms with Gasteiger partial charge in [0.15, 0.2) is 58.2 Å². The molecule has 0 aromatic heterocycles. The molecule has 71 heavy (non-hydrogen) atoms. The van der Waals surface area contributed by atoms with Gasteiger partial charge >= 0.3 is 17.1 Å². The Hall–Kier alpha value is 3.13. The van der Waals surface area contributed by atoms with Gasteiger partial charge in [0.2, 0.25) is 8.32 Å². The Kier molecular flexibility index (Phi) is 33.4. The van der Waals surface area contributed by atoms with Gasteiger partial charge in [-0.05, 0) is 143 Å². The van der Waals surface area contributed by atoms with Crippen LogP contribution in [-0.4, -0.2) is 211 Å². The summed E-state index contributed by atoms with van der Waals surface area (Å²) in [6.07, 6.45) is 10.0. The molecule has 0 heterocycles. The predicted octanol–water partition coefficient (Wildman–Crippen LogP) is 6.88. The molecule has 0 amide bonds. The number of hydrogen-bond acceptors (Lipinski definition) is 4. The molecule has 364 valence electrons. The van der Waals surface area contributed by atoms with E-state index in [1.165, 1.54) is 69.2 Å². The summed E-state index contributed by atoms with van der Waals surface area (Å²) in [5.74, 6) is 1.47. The molecular weight excluding hydrogens is 1020 g/mol. The van der Waals surface area contributed by atoms with Crippen LogP contribution in [0.15, 0.2) is 10.8 Å². The van der Waals surface area contributed by atoms with Gasteiger partial charge in [-0.1, -0.05) is 74.0 Å². The van der Waals surface area contributed by atoms with Crippen molar-refractivity contribution in [1.82, 2.24) is 0 Å².